The molecule has 0 saturated heterocycles. The first kappa shape index (κ1) is 32.2. The molecule has 1 aliphatic rings. The number of hydrogen-bond acceptors (Lipinski definition) is 1. The van der Waals surface area contributed by atoms with Gasteiger partial charge in [-0.1, -0.05) is 188 Å². The molecule has 0 fully saturated rings. The Morgan fingerprint density at radius 2 is 0.732 bits per heavy atom. The minimum atomic E-state index is -0.454. The SMILES string of the molecule is c1ccc(-c2ccc(N(c3ccc(-c4cccc5ccccc45)cc3)c3ccc(C4(c5ccccc5)c5cccc6ccc7cccc4c7c56)cc3)cc2)cc1. The van der Waals surface area contributed by atoms with Crippen molar-refractivity contribution in [2.75, 3.05) is 4.90 Å². The summed E-state index contributed by atoms with van der Waals surface area (Å²) in [6.45, 7) is 0. The highest BCUT2D eigenvalue weighted by Gasteiger charge is 2.44. The van der Waals surface area contributed by atoms with Crippen molar-refractivity contribution in [2.24, 2.45) is 0 Å². The summed E-state index contributed by atoms with van der Waals surface area (Å²) in [5.41, 5.74) is 12.9. The molecular weight excluding hydrogens is 675 g/mol. The van der Waals surface area contributed by atoms with Crippen LogP contribution in [-0.4, -0.2) is 0 Å². The smallest absolute Gasteiger partial charge is 0.0714 e. The van der Waals surface area contributed by atoms with E-state index in [1.807, 2.05) is 0 Å². The van der Waals surface area contributed by atoms with Crippen LogP contribution in [0.4, 0.5) is 17.1 Å². The third-order valence-corrected chi connectivity index (χ3v) is 11.9. The van der Waals surface area contributed by atoms with E-state index in [4.69, 9.17) is 0 Å². The number of hydrogen-bond donors (Lipinski definition) is 0. The van der Waals surface area contributed by atoms with E-state index >= 15 is 0 Å². The Labute approximate surface area is 327 Å². The highest BCUT2D eigenvalue weighted by Crippen LogP contribution is 2.56. The standard InChI is InChI=1S/C55H37N/c1-3-12-38(13-4-1)39-26-32-46(33-27-39)56(47-34-28-41(29-35-47)50-21-9-15-40-14-7-8-20-49(40)50)48-36-30-45(31-37-48)55(44-18-5-2-6-19-44)51-22-10-16-42-24-25-43-17-11-23-52(55)54(43)53(42)51/h1-37H. The minimum absolute atomic E-state index is 0.454. The van der Waals surface area contributed by atoms with E-state index < -0.39 is 5.41 Å². The van der Waals surface area contributed by atoms with Crippen LogP contribution in [0, 0.1) is 0 Å². The molecule has 1 nitrogen and oxygen atoms in total. The Bertz CT molecular complexity index is 2970. The molecule has 10 aromatic rings. The van der Waals surface area contributed by atoms with Gasteiger partial charge in [0.1, 0.15) is 0 Å². The van der Waals surface area contributed by atoms with Crippen molar-refractivity contribution in [2.45, 2.75) is 5.41 Å². The predicted molar refractivity (Wildman–Crippen MR) is 236 cm³/mol. The van der Waals surface area contributed by atoms with Gasteiger partial charge < -0.3 is 4.90 Å². The van der Waals surface area contributed by atoms with E-state index in [0.717, 1.165) is 17.1 Å². The van der Waals surface area contributed by atoms with E-state index in [-0.39, 0.29) is 0 Å². The van der Waals surface area contributed by atoms with Crippen LogP contribution in [-0.2, 0) is 5.41 Å². The van der Waals surface area contributed by atoms with Gasteiger partial charge in [0.2, 0.25) is 0 Å². The molecular formula is C55H37N. The van der Waals surface area contributed by atoms with E-state index in [9.17, 15) is 0 Å². The van der Waals surface area contributed by atoms with Crippen molar-refractivity contribution in [1.82, 2.24) is 0 Å². The molecule has 0 N–H and O–H groups in total. The van der Waals surface area contributed by atoms with Gasteiger partial charge in [-0.2, -0.15) is 0 Å². The minimum Gasteiger partial charge on any atom is -0.311 e. The second-order valence-corrected chi connectivity index (χ2v) is 14.9. The number of rotatable bonds is 7. The average molecular weight is 712 g/mol. The zero-order chi connectivity index (χ0) is 37.1. The third-order valence-electron chi connectivity index (χ3n) is 11.9. The Morgan fingerprint density at radius 1 is 0.286 bits per heavy atom. The van der Waals surface area contributed by atoms with Crippen molar-refractivity contribution in [3.8, 4) is 22.3 Å². The summed E-state index contributed by atoms with van der Waals surface area (Å²) < 4.78 is 0. The van der Waals surface area contributed by atoms with Gasteiger partial charge in [-0.25, -0.2) is 0 Å². The largest absolute Gasteiger partial charge is 0.311 e. The number of benzene rings is 10. The van der Waals surface area contributed by atoms with Crippen LogP contribution in [0.15, 0.2) is 224 Å². The summed E-state index contributed by atoms with van der Waals surface area (Å²) in [6, 6.07) is 82.4. The first-order chi connectivity index (χ1) is 27.8. The van der Waals surface area contributed by atoms with Crippen LogP contribution in [0.25, 0.3) is 54.6 Å². The topological polar surface area (TPSA) is 3.24 Å². The fourth-order valence-electron chi connectivity index (χ4n) is 9.41. The molecule has 262 valence electrons. The van der Waals surface area contributed by atoms with Crippen molar-refractivity contribution in [3.63, 3.8) is 0 Å². The van der Waals surface area contributed by atoms with Gasteiger partial charge in [-0.05, 0) is 113 Å². The van der Waals surface area contributed by atoms with Crippen LogP contribution < -0.4 is 4.90 Å². The molecule has 0 heterocycles. The average Bonchev–Trinajstić information content (AvgIpc) is 3.59. The molecule has 0 atom stereocenters. The first-order valence-corrected chi connectivity index (χ1v) is 19.4. The summed E-state index contributed by atoms with van der Waals surface area (Å²) in [5.74, 6) is 0. The lowest BCUT2D eigenvalue weighted by atomic mass is 9.67. The molecule has 0 saturated carbocycles. The van der Waals surface area contributed by atoms with Crippen molar-refractivity contribution in [1.29, 1.82) is 0 Å². The summed E-state index contributed by atoms with van der Waals surface area (Å²) >= 11 is 0. The molecule has 0 aliphatic heterocycles. The Morgan fingerprint density at radius 3 is 1.36 bits per heavy atom. The maximum atomic E-state index is 2.38. The Hall–Kier alpha value is -7.22. The Kier molecular flexibility index (Phi) is 7.47. The summed E-state index contributed by atoms with van der Waals surface area (Å²) in [6.07, 6.45) is 0. The quantitative estimate of drug-likeness (QED) is 0.149. The van der Waals surface area contributed by atoms with Gasteiger partial charge in [0.05, 0.1) is 5.41 Å². The van der Waals surface area contributed by atoms with Gasteiger partial charge in [0.25, 0.3) is 0 Å². The number of fused-ring (bicyclic) bond motifs is 1. The summed E-state index contributed by atoms with van der Waals surface area (Å²) in [4.78, 5) is 2.38. The second kappa shape index (κ2) is 13.0. The van der Waals surface area contributed by atoms with E-state index in [1.165, 1.54) is 76.8 Å². The molecule has 56 heavy (non-hydrogen) atoms. The van der Waals surface area contributed by atoms with E-state index in [0.29, 0.717) is 0 Å². The monoisotopic (exact) mass is 711 g/mol. The lowest BCUT2D eigenvalue weighted by molar-refractivity contribution is 0.771. The molecule has 0 radical (unpaired) electrons. The van der Waals surface area contributed by atoms with Crippen LogP contribution in [0.3, 0.4) is 0 Å². The maximum Gasteiger partial charge on any atom is 0.0714 e. The van der Waals surface area contributed by atoms with Crippen molar-refractivity contribution < 1.29 is 0 Å². The zero-order valence-corrected chi connectivity index (χ0v) is 30.8. The van der Waals surface area contributed by atoms with Gasteiger partial charge in [0, 0.05) is 17.1 Å². The fraction of sp³-hybridized carbons (Fsp3) is 0.0182. The van der Waals surface area contributed by atoms with Gasteiger partial charge >= 0.3 is 0 Å². The lowest BCUT2D eigenvalue weighted by Gasteiger charge is -2.35. The molecule has 1 heteroatoms. The lowest BCUT2D eigenvalue weighted by Crippen LogP contribution is -2.28. The van der Waals surface area contributed by atoms with Crippen LogP contribution in [0.5, 0.6) is 0 Å². The maximum absolute atomic E-state index is 2.38. The highest BCUT2D eigenvalue weighted by atomic mass is 15.1. The number of anilines is 3. The Balaban J connectivity index is 1.06. The zero-order valence-electron chi connectivity index (χ0n) is 30.8. The molecule has 0 bridgehead atoms. The highest BCUT2D eigenvalue weighted by molar-refractivity contribution is 6.16. The first-order valence-electron chi connectivity index (χ1n) is 19.4. The van der Waals surface area contributed by atoms with Crippen LogP contribution in [0.1, 0.15) is 22.3 Å². The van der Waals surface area contributed by atoms with Crippen molar-refractivity contribution >= 4 is 49.4 Å². The van der Waals surface area contributed by atoms with Crippen LogP contribution >= 0.6 is 0 Å². The van der Waals surface area contributed by atoms with E-state index in [2.05, 4.69) is 229 Å². The predicted octanol–water partition coefficient (Wildman–Crippen LogP) is 14.6. The molecule has 11 rings (SSSR count). The molecule has 0 unspecified atom stereocenters. The van der Waals surface area contributed by atoms with Gasteiger partial charge in [-0.15, -0.1) is 0 Å². The van der Waals surface area contributed by atoms with Gasteiger partial charge in [0.15, 0.2) is 0 Å². The fourth-order valence-corrected chi connectivity index (χ4v) is 9.41. The van der Waals surface area contributed by atoms with Gasteiger partial charge in [-0.3, -0.25) is 0 Å². The summed E-state index contributed by atoms with van der Waals surface area (Å²) in [7, 11) is 0. The molecule has 0 aromatic heterocycles. The van der Waals surface area contributed by atoms with Crippen LogP contribution in [0.2, 0.25) is 0 Å². The molecule has 10 aromatic carbocycles. The second-order valence-electron chi connectivity index (χ2n) is 14.9. The normalized spacial score (nSPS) is 12.8. The molecule has 0 spiro atoms. The van der Waals surface area contributed by atoms with E-state index in [1.54, 1.807) is 0 Å². The van der Waals surface area contributed by atoms with Crippen molar-refractivity contribution in [3.05, 3.63) is 247 Å². The summed E-state index contributed by atoms with van der Waals surface area (Å²) in [5, 5.41) is 7.81. The third kappa shape index (κ3) is 4.95. The molecule has 1 aliphatic carbocycles. The number of nitrogens with zero attached hydrogens (tertiary/aromatic N) is 1. The molecule has 0 amide bonds.